The van der Waals surface area contributed by atoms with E-state index in [1.807, 2.05) is 32.9 Å². The highest BCUT2D eigenvalue weighted by Gasteiger charge is 2.61. The van der Waals surface area contributed by atoms with E-state index < -0.39 is 22.6 Å². The summed E-state index contributed by atoms with van der Waals surface area (Å²) in [5.74, 6) is -1.13. The molecule has 2 aliphatic heterocycles. The Bertz CT molecular complexity index is 1360. The van der Waals surface area contributed by atoms with Crippen molar-refractivity contribution in [2.24, 2.45) is 11.1 Å². The van der Waals surface area contributed by atoms with Crippen molar-refractivity contribution in [1.82, 2.24) is 0 Å². The normalized spacial score (nSPS) is 23.4. The first kappa shape index (κ1) is 21.0. The van der Waals surface area contributed by atoms with E-state index in [2.05, 4.69) is 11.4 Å². The van der Waals surface area contributed by atoms with Crippen molar-refractivity contribution in [3.63, 3.8) is 0 Å². The summed E-state index contributed by atoms with van der Waals surface area (Å²) >= 11 is 0. The van der Waals surface area contributed by atoms with Crippen LogP contribution in [0.15, 0.2) is 65.1 Å². The molecule has 3 aliphatic rings. The molecule has 7 heteroatoms. The van der Waals surface area contributed by atoms with Crippen LogP contribution < -0.4 is 16.0 Å². The Balaban J connectivity index is 1.92. The molecule has 3 N–H and O–H groups in total. The lowest BCUT2D eigenvalue weighted by Gasteiger charge is -2.46. The first-order valence-electron chi connectivity index (χ1n) is 10.8. The van der Waals surface area contributed by atoms with Crippen molar-refractivity contribution in [3.8, 4) is 6.07 Å². The van der Waals surface area contributed by atoms with Crippen LogP contribution in [0.4, 0.5) is 15.8 Å². The van der Waals surface area contributed by atoms with Gasteiger partial charge >= 0.3 is 0 Å². The molecule has 33 heavy (non-hydrogen) atoms. The zero-order valence-corrected chi connectivity index (χ0v) is 18.6. The SMILES string of the molecule is Cc1ccc2c(c1)[C@]1(C(=O)N2)C(C#N)=C(N)N(c2cccc(F)c2)C2=C1C(=O)CC(C)(C)C2. The molecule has 5 rings (SSSR count). The second kappa shape index (κ2) is 6.79. The number of allylic oxidation sites excluding steroid dienone is 1. The van der Waals surface area contributed by atoms with Crippen LogP contribution in [0.5, 0.6) is 0 Å². The van der Waals surface area contributed by atoms with E-state index in [0.717, 1.165) is 5.56 Å². The highest BCUT2D eigenvalue weighted by molar-refractivity contribution is 6.20. The van der Waals surface area contributed by atoms with Gasteiger partial charge in [-0.15, -0.1) is 0 Å². The number of Topliss-reactive ketones (excluding diaryl/α,β-unsaturated/α-hetero) is 1. The van der Waals surface area contributed by atoms with E-state index in [1.54, 1.807) is 23.1 Å². The minimum atomic E-state index is -1.63. The predicted molar refractivity (Wildman–Crippen MR) is 122 cm³/mol. The number of benzene rings is 2. The van der Waals surface area contributed by atoms with Crippen LogP contribution in [0, 0.1) is 29.5 Å². The summed E-state index contributed by atoms with van der Waals surface area (Å²) in [6.45, 7) is 5.83. The van der Waals surface area contributed by atoms with E-state index in [9.17, 15) is 19.2 Å². The number of halogens is 1. The summed E-state index contributed by atoms with van der Waals surface area (Å²) < 4.78 is 14.2. The van der Waals surface area contributed by atoms with Crippen molar-refractivity contribution in [3.05, 3.63) is 82.1 Å². The summed E-state index contributed by atoms with van der Waals surface area (Å²) in [4.78, 5) is 29.0. The number of hydrogen-bond acceptors (Lipinski definition) is 5. The number of fused-ring (bicyclic) bond motifs is 3. The van der Waals surface area contributed by atoms with E-state index >= 15 is 0 Å². The van der Waals surface area contributed by atoms with E-state index in [1.165, 1.54) is 12.1 Å². The summed E-state index contributed by atoms with van der Waals surface area (Å²) in [7, 11) is 0. The van der Waals surface area contributed by atoms with Crippen LogP contribution in [-0.2, 0) is 15.0 Å². The molecule has 1 amide bonds. The molecule has 0 aromatic heterocycles. The number of anilines is 2. The molecule has 166 valence electrons. The van der Waals surface area contributed by atoms with Crippen molar-refractivity contribution in [2.45, 2.75) is 39.0 Å². The van der Waals surface area contributed by atoms with Gasteiger partial charge in [0.15, 0.2) is 5.78 Å². The maximum Gasteiger partial charge on any atom is 0.245 e. The number of nitrogens with two attached hydrogens (primary N) is 1. The summed E-state index contributed by atoms with van der Waals surface area (Å²) in [5, 5.41) is 13.2. The van der Waals surface area contributed by atoms with Crippen molar-refractivity contribution < 1.29 is 14.0 Å². The largest absolute Gasteiger partial charge is 0.384 e. The van der Waals surface area contributed by atoms with Crippen molar-refractivity contribution in [2.75, 3.05) is 10.2 Å². The van der Waals surface area contributed by atoms with Gasteiger partial charge in [0.25, 0.3) is 0 Å². The first-order valence-corrected chi connectivity index (χ1v) is 10.8. The highest BCUT2D eigenvalue weighted by Crippen LogP contribution is 2.57. The van der Waals surface area contributed by atoms with Crippen LogP contribution in [0.2, 0.25) is 0 Å². The van der Waals surface area contributed by atoms with Gasteiger partial charge in [-0.2, -0.15) is 5.26 Å². The number of aryl methyl sites for hydroxylation is 1. The third-order valence-electron chi connectivity index (χ3n) is 6.72. The number of nitriles is 1. The monoisotopic (exact) mass is 442 g/mol. The van der Waals surface area contributed by atoms with Gasteiger partial charge in [0, 0.05) is 28.9 Å². The molecule has 6 nitrogen and oxygen atoms in total. The standard InChI is InChI=1S/C26H23FN4O2/c1-14-7-8-19-17(9-14)26(24(33)30-19)18(13-28)23(29)31(16-6-4-5-15(27)10-16)20-11-25(2,3)12-21(32)22(20)26/h4-10H,11-12,29H2,1-3H3,(H,30,33)/t26-/m0/s1. The predicted octanol–water partition coefficient (Wildman–Crippen LogP) is 4.18. The lowest BCUT2D eigenvalue weighted by Crippen LogP contribution is -2.52. The van der Waals surface area contributed by atoms with E-state index in [4.69, 9.17) is 5.73 Å². The van der Waals surface area contributed by atoms with Gasteiger partial charge in [-0.05, 0) is 43.0 Å². The molecular formula is C26H23FN4O2. The average molecular weight is 442 g/mol. The van der Waals surface area contributed by atoms with Gasteiger partial charge in [0.05, 0.1) is 11.3 Å². The van der Waals surface area contributed by atoms with E-state index in [-0.39, 0.29) is 29.2 Å². The molecule has 0 saturated carbocycles. The van der Waals surface area contributed by atoms with E-state index in [0.29, 0.717) is 29.1 Å². The zero-order valence-electron chi connectivity index (χ0n) is 18.6. The van der Waals surface area contributed by atoms with Gasteiger partial charge < -0.3 is 11.1 Å². The Kier molecular flexibility index (Phi) is 4.31. The quantitative estimate of drug-likeness (QED) is 0.690. The fraction of sp³-hybridized carbons (Fsp3) is 0.269. The molecule has 0 fully saturated rings. The van der Waals surface area contributed by atoms with Gasteiger partial charge in [-0.1, -0.05) is 37.6 Å². The number of nitrogens with one attached hydrogen (secondary N) is 1. The van der Waals surface area contributed by atoms with Crippen molar-refractivity contribution >= 4 is 23.1 Å². The number of nitrogens with zero attached hydrogens (tertiary/aromatic N) is 2. The zero-order chi connectivity index (χ0) is 23.7. The Hall–Kier alpha value is -3.92. The van der Waals surface area contributed by atoms with Crippen LogP contribution in [-0.4, -0.2) is 11.7 Å². The fourth-order valence-corrected chi connectivity index (χ4v) is 5.44. The summed E-state index contributed by atoms with van der Waals surface area (Å²) in [6, 6.07) is 13.4. The molecule has 1 atom stereocenters. The van der Waals surface area contributed by atoms with Crippen molar-refractivity contribution in [1.29, 1.82) is 5.26 Å². The number of carbonyl (C=O) groups is 2. The molecule has 0 saturated heterocycles. The lowest BCUT2D eigenvalue weighted by atomic mass is 9.60. The van der Waals surface area contributed by atoms with Gasteiger partial charge in [0.1, 0.15) is 23.1 Å². The second-order valence-corrected chi connectivity index (χ2v) is 9.70. The third kappa shape index (κ3) is 2.77. The molecule has 1 spiro atoms. The first-order chi connectivity index (χ1) is 15.6. The molecular weight excluding hydrogens is 419 g/mol. The van der Waals surface area contributed by atoms with Crippen LogP contribution in [0.25, 0.3) is 0 Å². The smallest absolute Gasteiger partial charge is 0.245 e. The molecule has 0 unspecified atom stereocenters. The third-order valence-corrected chi connectivity index (χ3v) is 6.72. The topological polar surface area (TPSA) is 99.2 Å². The second-order valence-electron chi connectivity index (χ2n) is 9.70. The average Bonchev–Trinajstić information content (AvgIpc) is 2.99. The number of rotatable bonds is 1. The van der Waals surface area contributed by atoms with Crippen LogP contribution >= 0.6 is 0 Å². The summed E-state index contributed by atoms with van der Waals surface area (Å²) in [6.07, 6.45) is 0.651. The Labute approximate surface area is 191 Å². The number of amides is 1. The van der Waals surface area contributed by atoms with Gasteiger partial charge in [-0.3, -0.25) is 14.5 Å². The maximum atomic E-state index is 14.2. The number of ketones is 1. The van der Waals surface area contributed by atoms with Gasteiger partial charge in [0.2, 0.25) is 5.91 Å². The summed E-state index contributed by atoms with van der Waals surface area (Å²) in [5.41, 5.74) is 7.70. The fourth-order valence-electron chi connectivity index (χ4n) is 5.44. The maximum absolute atomic E-state index is 14.2. The molecule has 2 aromatic rings. The molecule has 2 heterocycles. The van der Waals surface area contributed by atoms with Gasteiger partial charge in [-0.25, -0.2) is 4.39 Å². The molecule has 2 aromatic carbocycles. The molecule has 1 aliphatic carbocycles. The minimum Gasteiger partial charge on any atom is -0.384 e. The molecule has 0 radical (unpaired) electrons. The Morgan fingerprint density at radius 2 is 1.91 bits per heavy atom. The number of carbonyl (C=O) groups excluding carboxylic acids is 2. The highest BCUT2D eigenvalue weighted by atomic mass is 19.1. The minimum absolute atomic E-state index is 0.0249. The Morgan fingerprint density at radius 3 is 2.61 bits per heavy atom. The lowest BCUT2D eigenvalue weighted by molar-refractivity contribution is -0.123. The van der Waals surface area contributed by atoms with Crippen LogP contribution in [0.3, 0.4) is 0 Å². The Morgan fingerprint density at radius 1 is 1.15 bits per heavy atom. The number of hydrogen-bond donors (Lipinski definition) is 2. The molecule has 0 bridgehead atoms. The van der Waals surface area contributed by atoms with Crippen LogP contribution in [0.1, 0.15) is 37.8 Å².